The van der Waals surface area contributed by atoms with Crippen LogP contribution in [0.3, 0.4) is 0 Å². The van der Waals surface area contributed by atoms with Crippen molar-refractivity contribution in [2.24, 2.45) is 0 Å². The maximum Gasteiger partial charge on any atom is 0.274 e. The minimum atomic E-state index is -0.594. The number of hydrogen-bond donors (Lipinski definition) is 2. The number of carbonyl (C=O) groups is 1. The van der Waals surface area contributed by atoms with Gasteiger partial charge in [-0.25, -0.2) is 15.4 Å². The van der Waals surface area contributed by atoms with Crippen LogP contribution in [-0.4, -0.2) is 47.4 Å². The van der Waals surface area contributed by atoms with Crippen LogP contribution in [0.5, 0.6) is 0 Å². The predicted octanol–water partition coefficient (Wildman–Crippen LogP) is 2.62. The number of ether oxygens (including phenoxy) is 1. The molecule has 1 unspecified atom stereocenters. The zero-order chi connectivity index (χ0) is 18.8. The molecule has 1 amide bonds. The van der Waals surface area contributed by atoms with E-state index >= 15 is 0 Å². The van der Waals surface area contributed by atoms with Crippen LogP contribution in [0.15, 0.2) is 40.9 Å². The zero-order valence-corrected chi connectivity index (χ0v) is 14.9. The van der Waals surface area contributed by atoms with E-state index in [0.29, 0.717) is 35.2 Å². The van der Waals surface area contributed by atoms with Crippen molar-refractivity contribution >= 4 is 22.8 Å². The molecule has 8 nitrogen and oxygen atoms in total. The van der Waals surface area contributed by atoms with Crippen molar-refractivity contribution < 1.29 is 19.2 Å². The van der Waals surface area contributed by atoms with Crippen LogP contribution in [-0.2, 0) is 4.74 Å². The van der Waals surface area contributed by atoms with Gasteiger partial charge in [0.25, 0.3) is 5.91 Å². The Bertz CT molecular complexity index is 954. The molecule has 0 bridgehead atoms. The highest BCUT2D eigenvalue weighted by atomic mass is 16.5. The van der Waals surface area contributed by atoms with Gasteiger partial charge in [-0.05, 0) is 43.2 Å². The molecular weight excluding hydrogens is 348 g/mol. The summed E-state index contributed by atoms with van der Waals surface area (Å²) < 4.78 is 11.1. The Labute approximate surface area is 155 Å². The molecule has 1 aliphatic rings. The molecule has 2 aromatic heterocycles. The monoisotopic (exact) mass is 368 g/mol. The number of rotatable bonds is 5. The van der Waals surface area contributed by atoms with Crippen molar-refractivity contribution in [3.05, 3.63) is 42.1 Å². The molecule has 2 N–H and O–H groups in total. The number of nitrogens with zero attached hydrogens (tertiary/aromatic N) is 3. The average molecular weight is 368 g/mol. The quantitative estimate of drug-likeness (QED) is 0.527. The number of fused-ring (bicyclic) bond motifs is 1. The molecule has 1 aliphatic heterocycles. The first-order chi connectivity index (χ1) is 13.2. The highest BCUT2D eigenvalue weighted by Crippen LogP contribution is 2.28. The fraction of sp³-hybridized carbons (Fsp3) is 0.316. The molecule has 1 aromatic carbocycles. The van der Waals surface area contributed by atoms with Gasteiger partial charge < -0.3 is 14.1 Å². The second-order valence-corrected chi connectivity index (χ2v) is 6.49. The van der Waals surface area contributed by atoms with Gasteiger partial charge in [0.05, 0.1) is 18.2 Å². The van der Waals surface area contributed by atoms with E-state index in [4.69, 9.17) is 14.4 Å². The molecule has 1 saturated heterocycles. The van der Waals surface area contributed by atoms with E-state index in [1.54, 1.807) is 37.0 Å². The second-order valence-electron chi connectivity index (χ2n) is 6.49. The molecule has 1 fully saturated rings. The Kier molecular flexibility index (Phi) is 4.74. The van der Waals surface area contributed by atoms with E-state index in [0.717, 1.165) is 30.8 Å². The average Bonchev–Trinajstić information content (AvgIpc) is 3.34. The summed E-state index contributed by atoms with van der Waals surface area (Å²) in [5.41, 5.74) is 3.76. The smallest absolute Gasteiger partial charge is 0.274 e. The first-order valence-electron chi connectivity index (χ1n) is 8.76. The minimum Gasteiger partial charge on any atom is -0.436 e. The van der Waals surface area contributed by atoms with Gasteiger partial charge in [-0.2, -0.15) is 0 Å². The van der Waals surface area contributed by atoms with E-state index in [-0.39, 0.29) is 0 Å². The van der Waals surface area contributed by atoms with Crippen molar-refractivity contribution in [2.45, 2.75) is 18.9 Å². The Balaban J connectivity index is 1.59. The summed E-state index contributed by atoms with van der Waals surface area (Å²) in [5, 5.41) is 8.75. The van der Waals surface area contributed by atoms with Gasteiger partial charge in [0, 0.05) is 25.4 Å². The van der Waals surface area contributed by atoms with E-state index < -0.39 is 5.91 Å². The standard InChI is InChI=1S/C19H20N4O4/c1-26-11-14-3-2-8-23(14)17-7-5-13(10-20-17)19-21-15-9-12(18(24)22-25)4-6-16(15)27-19/h4-7,9-10,14,25H,2-3,8,11H2,1H3,(H,22,24). The number of amides is 1. The van der Waals surface area contributed by atoms with Gasteiger partial charge in [-0.15, -0.1) is 0 Å². The molecule has 0 radical (unpaired) electrons. The summed E-state index contributed by atoms with van der Waals surface area (Å²) in [7, 11) is 1.72. The van der Waals surface area contributed by atoms with Gasteiger partial charge in [0.1, 0.15) is 11.3 Å². The molecule has 3 heterocycles. The maximum absolute atomic E-state index is 11.5. The van der Waals surface area contributed by atoms with E-state index in [1.807, 2.05) is 12.1 Å². The maximum atomic E-state index is 11.5. The largest absolute Gasteiger partial charge is 0.436 e. The van der Waals surface area contributed by atoms with Crippen LogP contribution < -0.4 is 10.4 Å². The lowest BCUT2D eigenvalue weighted by Crippen LogP contribution is -2.33. The summed E-state index contributed by atoms with van der Waals surface area (Å²) in [6, 6.07) is 9.02. The lowest BCUT2D eigenvalue weighted by atomic mass is 10.2. The van der Waals surface area contributed by atoms with Gasteiger partial charge in [-0.1, -0.05) is 0 Å². The third-order valence-corrected chi connectivity index (χ3v) is 4.78. The van der Waals surface area contributed by atoms with Crippen LogP contribution in [0.2, 0.25) is 0 Å². The molecule has 27 heavy (non-hydrogen) atoms. The van der Waals surface area contributed by atoms with Crippen molar-refractivity contribution in [1.82, 2.24) is 15.4 Å². The van der Waals surface area contributed by atoms with Crippen LogP contribution in [0.4, 0.5) is 5.82 Å². The fourth-order valence-corrected chi connectivity index (χ4v) is 3.44. The number of pyridine rings is 1. The molecule has 0 spiro atoms. The van der Waals surface area contributed by atoms with E-state index in [2.05, 4.69) is 14.9 Å². The van der Waals surface area contributed by atoms with Gasteiger partial charge >= 0.3 is 0 Å². The Morgan fingerprint density at radius 1 is 1.41 bits per heavy atom. The van der Waals surface area contributed by atoms with E-state index in [9.17, 15) is 4.79 Å². The van der Waals surface area contributed by atoms with Crippen LogP contribution in [0.25, 0.3) is 22.6 Å². The normalized spacial score (nSPS) is 16.8. The molecule has 1 atom stereocenters. The molecule has 140 valence electrons. The fourth-order valence-electron chi connectivity index (χ4n) is 3.44. The number of methoxy groups -OCH3 is 1. The molecule has 0 aliphatic carbocycles. The van der Waals surface area contributed by atoms with Crippen LogP contribution in [0.1, 0.15) is 23.2 Å². The van der Waals surface area contributed by atoms with Crippen molar-refractivity contribution in [2.75, 3.05) is 25.2 Å². The summed E-state index contributed by atoms with van der Waals surface area (Å²) >= 11 is 0. The number of aromatic nitrogens is 2. The van der Waals surface area contributed by atoms with Gasteiger partial charge in [0.15, 0.2) is 5.58 Å². The SMILES string of the molecule is COCC1CCCN1c1ccc(-c2nc3cc(C(=O)NO)ccc3o2)cn1. The number of hydrogen-bond acceptors (Lipinski definition) is 7. The Hall–Kier alpha value is -2.97. The van der Waals surface area contributed by atoms with Crippen LogP contribution in [0, 0.1) is 0 Å². The van der Waals surface area contributed by atoms with Crippen molar-refractivity contribution in [1.29, 1.82) is 0 Å². The summed E-state index contributed by atoms with van der Waals surface area (Å²) in [6.45, 7) is 1.66. The molecule has 0 saturated carbocycles. The first-order valence-corrected chi connectivity index (χ1v) is 8.76. The highest BCUT2D eigenvalue weighted by Gasteiger charge is 2.25. The third kappa shape index (κ3) is 3.36. The zero-order valence-electron chi connectivity index (χ0n) is 14.9. The number of anilines is 1. The molecular formula is C19H20N4O4. The number of benzene rings is 1. The van der Waals surface area contributed by atoms with Gasteiger partial charge in [-0.3, -0.25) is 10.0 Å². The molecule has 8 heteroatoms. The van der Waals surface area contributed by atoms with Crippen LogP contribution >= 0.6 is 0 Å². The topological polar surface area (TPSA) is 101 Å². The number of carbonyl (C=O) groups excluding carboxylic acids is 1. The Morgan fingerprint density at radius 3 is 3.04 bits per heavy atom. The summed E-state index contributed by atoms with van der Waals surface area (Å²) in [4.78, 5) is 22.8. The van der Waals surface area contributed by atoms with Crippen molar-refractivity contribution in [3.8, 4) is 11.5 Å². The number of hydroxylamine groups is 1. The minimum absolute atomic E-state index is 0.302. The Morgan fingerprint density at radius 2 is 2.30 bits per heavy atom. The summed E-state index contributed by atoms with van der Waals surface area (Å²) in [6.07, 6.45) is 3.97. The second kappa shape index (κ2) is 7.34. The molecule has 4 rings (SSSR count). The third-order valence-electron chi connectivity index (χ3n) is 4.78. The lowest BCUT2D eigenvalue weighted by Gasteiger charge is -2.25. The van der Waals surface area contributed by atoms with Crippen molar-refractivity contribution in [3.63, 3.8) is 0 Å². The lowest BCUT2D eigenvalue weighted by molar-refractivity contribution is 0.0706. The summed E-state index contributed by atoms with van der Waals surface area (Å²) in [5.74, 6) is 0.750. The first kappa shape index (κ1) is 17.4. The predicted molar refractivity (Wildman–Crippen MR) is 98.7 cm³/mol. The molecule has 3 aromatic rings. The highest BCUT2D eigenvalue weighted by molar-refractivity contribution is 5.96. The number of oxazole rings is 1. The number of nitrogens with one attached hydrogen (secondary N) is 1. The van der Waals surface area contributed by atoms with Gasteiger partial charge in [0.2, 0.25) is 5.89 Å². The van der Waals surface area contributed by atoms with E-state index in [1.165, 1.54) is 0 Å².